The zero-order valence-electron chi connectivity index (χ0n) is 12.9. The number of ether oxygens (including phenoxy) is 2. The average Bonchev–Trinajstić information content (AvgIpc) is 2.61. The van der Waals surface area contributed by atoms with Crippen molar-refractivity contribution in [3.63, 3.8) is 0 Å². The van der Waals surface area contributed by atoms with Gasteiger partial charge in [-0.25, -0.2) is 4.79 Å². The highest BCUT2D eigenvalue weighted by Crippen LogP contribution is 2.28. The summed E-state index contributed by atoms with van der Waals surface area (Å²) >= 11 is 0. The molecule has 1 aromatic heterocycles. The first kappa shape index (κ1) is 14.8. The van der Waals surface area contributed by atoms with Gasteiger partial charge in [-0.3, -0.25) is 4.98 Å². The van der Waals surface area contributed by atoms with E-state index in [4.69, 9.17) is 9.47 Å². The zero-order chi connectivity index (χ0) is 16.2. The van der Waals surface area contributed by atoms with Gasteiger partial charge in [-0.05, 0) is 48.5 Å². The maximum atomic E-state index is 11.5. The van der Waals surface area contributed by atoms with Gasteiger partial charge < -0.3 is 14.8 Å². The number of carbonyl (C=O) groups excluding carboxylic acids is 1. The highest BCUT2D eigenvalue weighted by Gasteiger charge is 2.07. The molecule has 116 valence electrons. The van der Waals surface area contributed by atoms with Gasteiger partial charge in [0, 0.05) is 23.0 Å². The second-order valence-corrected chi connectivity index (χ2v) is 4.94. The highest BCUT2D eigenvalue weighted by molar-refractivity contribution is 5.94. The highest BCUT2D eigenvalue weighted by atomic mass is 16.5. The molecule has 0 amide bonds. The summed E-state index contributed by atoms with van der Waals surface area (Å²) in [5.74, 6) is 0.422. The smallest absolute Gasteiger partial charge is 0.337 e. The van der Waals surface area contributed by atoms with Crippen molar-refractivity contribution in [2.24, 2.45) is 0 Å². The van der Waals surface area contributed by atoms with Crippen molar-refractivity contribution in [2.75, 3.05) is 19.5 Å². The molecule has 0 saturated heterocycles. The van der Waals surface area contributed by atoms with Crippen LogP contribution in [0.1, 0.15) is 10.4 Å². The van der Waals surface area contributed by atoms with Gasteiger partial charge >= 0.3 is 5.97 Å². The van der Waals surface area contributed by atoms with Crippen LogP contribution in [-0.4, -0.2) is 25.2 Å². The first-order chi connectivity index (χ1) is 11.2. The summed E-state index contributed by atoms with van der Waals surface area (Å²) in [7, 11) is 3.00. The van der Waals surface area contributed by atoms with E-state index in [0.717, 1.165) is 28.0 Å². The van der Waals surface area contributed by atoms with E-state index in [1.807, 2.05) is 36.4 Å². The van der Waals surface area contributed by atoms with Crippen molar-refractivity contribution in [1.29, 1.82) is 0 Å². The van der Waals surface area contributed by atoms with Gasteiger partial charge in [0.25, 0.3) is 0 Å². The molecular formula is C18H16N2O3. The SMILES string of the molecule is COC(=O)c1ccc(Nc2ccnc3ccc(OC)cc23)cc1. The molecule has 3 aromatic rings. The fourth-order valence-corrected chi connectivity index (χ4v) is 2.32. The lowest BCUT2D eigenvalue weighted by Crippen LogP contribution is -2.01. The fourth-order valence-electron chi connectivity index (χ4n) is 2.32. The molecule has 3 rings (SSSR count). The molecule has 2 aromatic carbocycles. The molecule has 0 spiro atoms. The van der Waals surface area contributed by atoms with Crippen molar-refractivity contribution in [1.82, 2.24) is 4.98 Å². The number of anilines is 2. The van der Waals surface area contributed by atoms with E-state index in [1.54, 1.807) is 25.4 Å². The number of methoxy groups -OCH3 is 2. The monoisotopic (exact) mass is 308 g/mol. The summed E-state index contributed by atoms with van der Waals surface area (Å²) in [5, 5.41) is 4.30. The van der Waals surface area contributed by atoms with Crippen molar-refractivity contribution >= 4 is 28.2 Å². The third-order valence-corrected chi connectivity index (χ3v) is 3.53. The first-order valence-corrected chi connectivity index (χ1v) is 7.09. The van der Waals surface area contributed by atoms with E-state index < -0.39 is 0 Å². The summed E-state index contributed by atoms with van der Waals surface area (Å²) in [4.78, 5) is 15.8. The second-order valence-electron chi connectivity index (χ2n) is 4.94. The van der Waals surface area contributed by atoms with E-state index in [-0.39, 0.29) is 5.97 Å². The Hall–Kier alpha value is -3.08. The quantitative estimate of drug-likeness (QED) is 0.743. The molecule has 5 nitrogen and oxygen atoms in total. The first-order valence-electron chi connectivity index (χ1n) is 7.09. The molecule has 0 atom stereocenters. The van der Waals surface area contributed by atoms with Crippen LogP contribution in [0, 0.1) is 0 Å². The minimum atomic E-state index is -0.351. The molecule has 1 heterocycles. The minimum Gasteiger partial charge on any atom is -0.497 e. The summed E-state index contributed by atoms with van der Waals surface area (Å²) in [6.07, 6.45) is 1.75. The number of esters is 1. The Kier molecular flexibility index (Phi) is 4.10. The summed E-state index contributed by atoms with van der Waals surface area (Å²) < 4.78 is 9.97. The van der Waals surface area contributed by atoms with Gasteiger partial charge in [-0.1, -0.05) is 0 Å². The zero-order valence-corrected chi connectivity index (χ0v) is 12.9. The number of nitrogens with one attached hydrogen (secondary N) is 1. The van der Waals surface area contributed by atoms with Crippen LogP contribution < -0.4 is 10.1 Å². The molecule has 0 aliphatic heterocycles. The van der Waals surface area contributed by atoms with E-state index in [1.165, 1.54) is 7.11 Å². The lowest BCUT2D eigenvalue weighted by Gasteiger charge is -2.11. The molecule has 0 aliphatic carbocycles. The number of benzene rings is 2. The van der Waals surface area contributed by atoms with Crippen LogP contribution in [0.25, 0.3) is 10.9 Å². The predicted octanol–water partition coefficient (Wildman–Crippen LogP) is 3.77. The Bertz CT molecular complexity index is 845. The van der Waals surface area contributed by atoms with Crippen LogP contribution in [0.5, 0.6) is 5.75 Å². The number of hydrogen-bond acceptors (Lipinski definition) is 5. The lowest BCUT2D eigenvalue weighted by molar-refractivity contribution is 0.0601. The Morgan fingerprint density at radius 3 is 2.52 bits per heavy atom. The summed E-state index contributed by atoms with van der Waals surface area (Å²) in [6.45, 7) is 0. The molecule has 23 heavy (non-hydrogen) atoms. The minimum absolute atomic E-state index is 0.351. The van der Waals surface area contributed by atoms with Crippen LogP contribution in [-0.2, 0) is 4.74 Å². The average molecular weight is 308 g/mol. The number of fused-ring (bicyclic) bond motifs is 1. The van der Waals surface area contributed by atoms with Crippen LogP contribution in [0.15, 0.2) is 54.7 Å². The Balaban J connectivity index is 1.93. The Labute approximate surface area is 133 Å². The van der Waals surface area contributed by atoms with Gasteiger partial charge in [0.15, 0.2) is 0 Å². The van der Waals surface area contributed by atoms with E-state index >= 15 is 0 Å². The van der Waals surface area contributed by atoms with Crippen molar-refractivity contribution < 1.29 is 14.3 Å². The molecule has 1 N–H and O–H groups in total. The maximum Gasteiger partial charge on any atom is 0.337 e. The second kappa shape index (κ2) is 6.36. The Morgan fingerprint density at radius 1 is 1.04 bits per heavy atom. The molecule has 0 bridgehead atoms. The van der Waals surface area contributed by atoms with E-state index in [0.29, 0.717) is 5.56 Å². The topological polar surface area (TPSA) is 60.5 Å². The van der Waals surface area contributed by atoms with Crippen LogP contribution in [0.2, 0.25) is 0 Å². The number of nitrogens with zero attached hydrogens (tertiary/aromatic N) is 1. The van der Waals surface area contributed by atoms with E-state index in [9.17, 15) is 4.79 Å². The lowest BCUT2D eigenvalue weighted by atomic mass is 10.1. The molecule has 0 aliphatic rings. The molecular weight excluding hydrogens is 292 g/mol. The molecule has 0 radical (unpaired) electrons. The fraction of sp³-hybridized carbons (Fsp3) is 0.111. The molecule has 0 unspecified atom stereocenters. The standard InChI is InChI=1S/C18H16N2O3/c1-22-14-7-8-16-15(11-14)17(9-10-19-16)20-13-5-3-12(4-6-13)18(21)23-2/h3-11H,1-2H3,(H,19,20). The van der Waals surface area contributed by atoms with Gasteiger partial charge in [0.1, 0.15) is 5.75 Å². The van der Waals surface area contributed by atoms with E-state index in [2.05, 4.69) is 10.3 Å². The van der Waals surface area contributed by atoms with Crippen molar-refractivity contribution in [3.8, 4) is 5.75 Å². The van der Waals surface area contributed by atoms with Crippen molar-refractivity contribution in [3.05, 3.63) is 60.3 Å². The number of hydrogen-bond donors (Lipinski definition) is 1. The van der Waals surface area contributed by atoms with Crippen molar-refractivity contribution in [2.45, 2.75) is 0 Å². The van der Waals surface area contributed by atoms with Crippen LogP contribution in [0.3, 0.4) is 0 Å². The van der Waals surface area contributed by atoms with Gasteiger partial charge in [0.05, 0.1) is 25.3 Å². The summed E-state index contributed by atoms with van der Waals surface area (Å²) in [5.41, 5.74) is 3.17. The summed E-state index contributed by atoms with van der Waals surface area (Å²) in [6, 6.07) is 14.7. The number of aromatic nitrogens is 1. The van der Waals surface area contributed by atoms with Gasteiger partial charge in [-0.2, -0.15) is 0 Å². The number of rotatable bonds is 4. The molecule has 0 fully saturated rings. The Morgan fingerprint density at radius 2 is 1.83 bits per heavy atom. The van der Waals surface area contributed by atoms with Crippen LogP contribution in [0.4, 0.5) is 11.4 Å². The normalized spacial score (nSPS) is 10.3. The third-order valence-electron chi connectivity index (χ3n) is 3.53. The number of carbonyl (C=O) groups is 1. The number of pyridine rings is 1. The molecule has 0 saturated carbocycles. The largest absolute Gasteiger partial charge is 0.497 e. The molecule has 5 heteroatoms. The third kappa shape index (κ3) is 3.08. The van der Waals surface area contributed by atoms with Gasteiger partial charge in [0.2, 0.25) is 0 Å². The van der Waals surface area contributed by atoms with Gasteiger partial charge in [-0.15, -0.1) is 0 Å². The predicted molar refractivity (Wildman–Crippen MR) is 89.4 cm³/mol. The van der Waals surface area contributed by atoms with Crippen LogP contribution >= 0.6 is 0 Å². The maximum absolute atomic E-state index is 11.5.